The minimum Gasteiger partial charge on any atom is -0.481 e. The van der Waals surface area contributed by atoms with Crippen molar-refractivity contribution in [3.63, 3.8) is 0 Å². The first-order chi connectivity index (χ1) is 8.00. The highest BCUT2D eigenvalue weighted by atomic mass is 35.5. The number of aryl methyl sites for hydroxylation is 1. The molecule has 0 heterocycles. The molecule has 1 aromatic carbocycles. The summed E-state index contributed by atoms with van der Waals surface area (Å²) in [5, 5.41) is 10.0. The van der Waals surface area contributed by atoms with Crippen molar-refractivity contribution in [2.45, 2.75) is 32.6 Å². The molecule has 3 heteroatoms. The zero-order valence-electron chi connectivity index (χ0n) is 10.1. The van der Waals surface area contributed by atoms with E-state index in [0.717, 1.165) is 18.4 Å². The van der Waals surface area contributed by atoms with Gasteiger partial charge in [-0.1, -0.05) is 31.5 Å². The molecule has 1 aromatic rings. The first kappa shape index (κ1) is 12.4. The smallest absolute Gasteiger partial charge is 0.307 e. The molecule has 2 atom stereocenters. The SMILES string of the molecule is CC(C)C1c2cc(Cl)ccc2CCC1C(=O)O. The van der Waals surface area contributed by atoms with Crippen LogP contribution in [0.25, 0.3) is 0 Å². The van der Waals surface area contributed by atoms with Crippen LogP contribution in [0, 0.1) is 11.8 Å². The van der Waals surface area contributed by atoms with Gasteiger partial charge in [-0.3, -0.25) is 4.79 Å². The van der Waals surface area contributed by atoms with Gasteiger partial charge in [-0.15, -0.1) is 0 Å². The van der Waals surface area contributed by atoms with Gasteiger partial charge in [0.05, 0.1) is 5.92 Å². The number of halogens is 1. The Hall–Kier alpha value is -1.02. The van der Waals surface area contributed by atoms with E-state index < -0.39 is 5.97 Å². The summed E-state index contributed by atoms with van der Waals surface area (Å²) in [5.41, 5.74) is 2.39. The van der Waals surface area contributed by atoms with Gasteiger partial charge in [0.1, 0.15) is 0 Å². The van der Waals surface area contributed by atoms with E-state index >= 15 is 0 Å². The molecular formula is C14H17ClO2. The van der Waals surface area contributed by atoms with Gasteiger partial charge in [0.25, 0.3) is 0 Å². The van der Waals surface area contributed by atoms with E-state index in [0.29, 0.717) is 10.9 Å². The fourth-order valence-electron chi connectivity index (χ4n) is 2.91. The molecule has 1 aliphatic carbocycles. The number of aliphatic carboxylic acids is 1. The van der Waals surface area contributed by atoms with Gasteiger partial charge in [-0.25, -0.2) is 0 Å². The maximum Gasteiger partial charge on any atom is 0.307 e. The van der Waals surface area contributed by atoms with E-state index in [1.807, 2.05) is 18.2 Å². The van der Waals surface area contributed by atoms with Crippen molar-refractivity contribution >= 4 is 17.6 Å². The monoisotopic (exact) mass is 252 g/mol. The molecule has 0 aromatic heterocycles. The van der Waals surface area contributed by atoms with Crippen LogP contribution in [-0.4, -0.2) is 11.1 Å². The standard InChI is InChI=1S/C14H17ClO2/c1-8(2)13-11(14(16)17)6-4-9-3-5-10(15)7-12(9)13/h3,5,7-8,11,13H,4,6H2,1-2H3,(H,16,17). The third-order valence-electron chi connectivity index (χ3n) is 3.66. The topological polar surface area (TPSA) is 37.3 Å². The lowest BCUT2D eigenvalue weighted by Crippen LogP contribution is -2.30. The minimum atomic E-state index is -0.686. The highest BCUT2D eigenvalue weighted by Crippen LogP contribution is 2.42. The summed E-state index contributed by atoms with van der Waals surface area (Å²) >= 11 is 6.03. The normalized spacial score (nSPS) is 23.5. The van der Waals surface area contributed by atoms with Crippen LogP contribution in [0.5, 0.6) is 0 Å². The number of benzene rings is 1. The molecule has 2 nitrogen and oxygen atoms in total. The molecule has 2 rings (SSSR count). The molecule has 0 amide bonds. The maximum atomic E-state index is 11.3. The number of hydrogen-bond donors (Lipinski definition) is 1. The van der Waals surface area contributed by atoms with Crippen LogP contribution < -0.4 is 0 Å². The number of carboxylic acids is 1. The van der Waals surface area contributed by atoms with Crippen LogP contribution in [-0.2, 0) is 11.2 Å². The second-order valence-electron chi connectivity index (χ2n) is 5.10. The number of rotatable bonds is 2. The van der Waals surface area contributed by atoms with Crippen molar-refractivity contribution in [3.8, 4) is 0 Å². The van der Waals surface area contributed by atoms with Crippen molar-refractivity contribution in [1.82, 2.24) is 0 Å². The third kappa shape index (κ3) is 2.32. The van der Waals surface area contributed by atoms with E-state index in [9.17, 15) is 9.90 Å². The first-order valence-electron chi connectivity index (χ1n) is 6.02. The Bertz CT molecular complexity index is 440. The Kier molecular flexibility index (Phi) is 3.43. The molecular weight excluding hydrogens is 236 g/mol. The average molecular weight is 253 g/mol. The number of carbonyl (C=O) groups is 1. The molecule has 1 aliphatic rings. The molecule has 0 aliphatic heterocycles. The molecule has 0 bridgehead atoms. The summed E-state index contributed by atoms with van der Waals surface area (Å²) in [4.78, 5) is 11.3. The first-order valence-corrected chi connectivity index (χ1v) is 6.39. The van der Waals surface area contributed by atoms with Gasteiger partial charge in [0.2, 0.25) is 0 Å². The van der Waals surface area contributed by atoms with E-state index in [1.54, 1.807) is 0 Å². The van der Waals surface area contributed by atoms with Crippen molar-refractivity contribution in [2.24, 2.45) is 11.8 Å². The molecule has 1 N–H and O–H groups in total. The van der Waals surface area contributed by atoms with Crippen LogP contribution in [0.1, 0.15) is 37.3 Å². The molecule has 2 unspecified atom stereocenters. The summed E-state index contributed by atoms with van der Waals surface area (Å²) in [5.74, 6) is -0.571. The van der Waals surface area contributed by atoms with Crippen molar-refractivity contribution in [3.05, 3.63) is 34.3 Å². The Labute approximate surface area is 107 Å². The zero-order chi connectivity index (χ0) is 12.6. The van der Waals surface area contributed by atoms with Crippen molar-refractivity contribution < 1.29 is 9.90 Å². The van der Waals surface area contributed by atoms with Gasteiger partial charge in [0.15, 0.2) is 0 Å². The number of hydrogen-bond acceptors (Lipinski definition) is 1. The van der Waals surface area contributed by atoms with E-state index in [4.69, 9.17) is 11.6 Å². The predicted octanol–water partition coefficient (Wildman–Crippen LogP) is 3.73. The zero-order valence-corrected chi connectivity index (χ0v) is 10.9. The Morgan fingerprint density at radius 3 is 2.76 bits per heavy atom. The van der Waals surface area contributed by atoms with Gasteiger partial charge >= 0.3 is 5.97 Å². The third-order valence-corrected chi connectivity index (χ3v) is 3.90. The lowest BCUT2D eigenvalue weighted by Gasteiger charge is -2.34. The number of fused-ring (bicyclic) bond motifs is 1. The fourth-order valence-corrected chi connectivity index (χ4v) is 3.09. The minimum absolute atomic E-state index is 0.0787. The molecule has 0 fully saturated rings. The summed E-state index contributed by atoms with van der Waals surface area (Å²) in [6, 6.07) is 5.86. The van der Waals surface area contributed by atoms with Gasteiger partial charge in [0, 0.05) is 5.02 Å². The highest BCUT2D eigenvalue weighted by Gasteiger charge is 2.36. The van der Waals surface area contributed by atoms with Crippen LogP contribution >= 0.6 is 11.6 Å². The maximum absolute atomic E-state index is 11.3. The van der Waals surface area contributed by atoms with E-state index in [-0.39, 0.29) is 11.8 Å². The summed E-state index contributed by atoms with van der Waals surface area (Å²) in [6.07, 6.45) is 1.57. The predicted molar refractivity (Wildman–Crippen MR) is 68.5 cm³/mol. The fraction of sp³-hybridized carbons (Fsp3) is 0.500. The van der Waals surface area contributed by atoms with Gasteiger partial charge < -0.3 is 5.11 Å². The molecule has 0 saturated heterocycles. The Morgan fingerprint density at radius 1 is 1.47 bits per heavy atom. The lowest BCUT2D eigenvalue weighted by atomic mass is 9.70. The highest BCUT2D eigenvalue weighted by molar-refractivity contribution is 6.30. The largest absolute Gasteiger partial charge is 0.481 e. The Balaban J connectivity index is 2.48. The second-order valence-corrected chi connectivity index (χ2v) is 5.53. The second kappa shape index (κ2) is 4.69. The van der Waals surface area contributed by atoms with Crippen molar-refractivity contribution in [1.29, 1.82) is 0 Å². The summed E-state index contributed by atoms with van der Waals surface area (Å²) in [6.45, 7) is 4.16. The summed E-state index contributed by atoms with van der Waals surface area (Å²) in [7, 11) is 0. The number of carboxylic acid groups (broad SMARTS) is 1. The quantitative estimate of drug-likeness (QED) is 0.871. The molecule has 17 heavy (non-hydrogen) atoms. The average Bonchev–Trinajstić information content (AvgIpc) is 2.26. The molecule has 0 spiro atoms. The molecule has 0 radical (unpaired) electrons. The van der Waals surface area contributed by atoms with Crippen LogP contribution in [0.2, 0.25) is 5.02 Å². The lowest BCUT2D eigenvalue weighted by molar-refractivity contribution is -0.143. The van der Waals surface area contributed by atoms with Crippen LogP contribution in [0.3, 0.4) is 0 Å². The Morgan fingerprint density at radius 2 is 2.18 bits per heavy atom. The van der Waals surface area contributed by atoms with Crippen LogP contribution in [0.4, 0.5) is 0 Å². The van der Waals surface area contributed by atoms with Crippen molar-refractivity contribution in [2.75, 3.05) is 0 Å². The molecule has 92 valence electrons. The van der Waals surface area contributed by atoms with Gasteiger partial charge in [-0.2, -0.15) is 0 Å². The van der Waals surface area contributed by atoms with E-state index in [1.165, 1.54) is 5.56 Å². The van der Waals surface area contributed by atoms with Gasteiger partial charge in [-0.05, 0) is 47.9 Å². The van der Waals surface area contributed by atoms with E-state index in [2.05, 4.69) is 13.8 Å². The summed E-state index contributed by atoms with van der Waals surface area (Å²) < 4.78 is 0. The molecule has 0 saturated carbocycles. The van der Waals surface area contributed by atoms with Crippen LogP contribution in [0.15, 0.2) is 18.2 Å².